The van der Waals surface area contributed by atoms with Crippen LogP contribution in [0.3, 0.4) is 0 Å². The van der Waals surface area contributed by atoms with E-state index in [2.05, 4.69) is 41.4 Å². The third-order valence-corrected chi connectivity index (χ3v) is 4.01. The van der Waals surface area contributed by atoms with E-state index in [1.165, 1.54) is 6.07 Å². The van der Waals surface area contributed by atoms with Crippen molar-refractivity contribution in [2.24, 2.45) is 4.99 Å². The number of hydrogen-bond donors (Lipinski definition) is 2. The molecule has 2 N–H and O–H groups in total. The Balaban J connectivity index is 1.84. The average molecular weight is 367 g/mol. The summed E-state index contributed by atoms with van der Waals surface area (Å²) in [5.74, 6) is 1.71. The number of nitrogens with one attached hydrogen (secondary N) is 2. The van der Waals surface area contributed by atoms with E-state index in [1.807, 2.05) is 0 Å². The fraction of sp³-hybridized carbons (Fsp3) is 0.444. The van der Waals surface area contributed by atoms with Crippen LogP contribution in [0, 0.1) is 5.82 Å². The number of benzene rings is 1. The molecule has 2 rings (SSSR count). The highest BCUT2D eigenvalue weighted by atomic mass is 35.5. The van der Waals surface area contributed by atoms with Crippen molar-refractivity contribution in [2.45, 2.75) is 39.2 Å². The van der Waals surface area contributed by atoms with Crippen molar-refractivity contribution in [3.63, 3.8) is 0 Å². The second-order valence-corrected chi connectivity index (χ2v) is 7.08. The molecule has 0 spiro atoms. The summed E-state index contributed by atoms with van der Waals surface area (Å²) in [7, 11) is 1.67. The van der Waals surface area contributed by atoms with E-state index in [0.29, 0.717) is 41.9 Å². The Morgan fingerprint density at radius 2 is 2.08 bits per heavy atom. The van der Waals surface area contributed by atoms with E-state index in [0.717, 1.165) is 5.76 Å². The van der Waals surface area contributed by atoms with Gasteiger partial charge in [-0.05, 0) is 18.6 Å². The number of nitrogens with zero attached hydrogens (tertiary/aromatic N) is 2. The van der Waals surface area contributed by atoms with Gasteiger partial charge in [0.2, 0.25) is 5.89 Å². The van der Waals surface area contributed by atoms with Crippen LogP contribution in [0.1, 0.15) is 38.0 Å². The van der Waals surface area contributed by atoms with Crippen molar-refractivity contribution in [2.75, 3.05) is 13.6 Å². The molecule has 0 atom stereocenters. The Bertz CT molecular complexity index is 717. The van der Waals surface area contributed by atoms with Crippen molar-refractivity contribution < 1.29 is 8.81 Å². The molecule has 0 fully saturated rings. The van der Waals surface area contributed by atoms with Crippen LogP contribution in [0.2, 0.25) is 5.02 Å². The minimum Gasteiger partial charge on any atom is -0.443 e. The van der Waals surface area contributed by atoms with Crippen LogP contribution in [0.25, 0.3) is 0 Å². The molecule has 1 heterocycles. The highest BCUT2D eigenvalue weighted by Gasteiger charge is 2.19. The largest absolute Gasteiger partial charge is 0.443 e. The molecule has 0 unspecified atom stereocenters. The first-order valence-corrected chi connectivity index (χ1v) is 8.51. The summed E-state index contributed by atoms with van der Waals surface area (Å²) in [6, 6.07) is 4.68. The maximum atomic E-state index is 13.7. The minimum atomic E-state index is -0.299. The predicted molar refractivity (Wildman–Crippen MR) is 98.5 cm³/mol. The Kier molecular flexibility index (Phi) is 6.42. The van der Waals surface area contributed by atoms with Crippen LogP contribution >= 0.6 is 11.6 Å². The molecule has 25 heavy (non-hydrogen) atoms. The van der Waals surface area contributed by atoms with Crippen LogP contribution in [0.5, 0.6) is 0 Å². The number of hydrogen-bond acceptors (Lipinski definition) is 3. The van der Waals surface area contributed by atoms with Crippen molar-refractivity contribution in [3.8, 4) is 0 Å². The standard InChI is InChI=1S/C18H24ClFN4O/c1-18(2,3)15-10-23-16(25-15)11-24-17(21-4)22-9-8-12-13(19)6-5-7-14(12)20/h5-7,10H,8-9,11H2,1-4H3,(H2,21,22,24). The molecule has 0 aliphatic heterocycles. The second-order valence-electron chi connectivity index (χ2n) is 6.67. The van der Waals surface area contributed by atoms with Gasteiger partial charge >= 0.3 is 0 Å². The molecular formula is C18H24ClFN4O. The molecule has 0 aliphatic carbocycles. The number of rotatable bonds is 5. The quantitative estimate of drug-likeness (QED) is 0.626. The fourth-order valence-corrected chi connectivity index (χ4v) is 2.45. The zero-order chi connectivity index (χ0) is 18.4. The lowest BCUT2D eigenvalue weighted by molar-refractivity contribution is 0.379. The molecule has 0 radical (unpaired) electrons. The SMILES string of the molecule is CN=C(NCCc1c(F)cccc1Cl)NCc1ncc(C(C)(C)C)o1. The molecule has 136 valence electrons. The minimum absolute atomic E-state index is 0.0792. The molecule has 0 saturated carbocycles. The van der Waals surface area contributed by atoms with E-state index in [4.69, 9.17) is 16.0 Å². The zero-order valence-electron chi connectivity index (χ0n) is 15.0. The van der Waals surface area contributed by atoms with Crippen molar-refractivity contribution in [1.29, 1.82) is 0 Å². The van der Waals surface area contributed by atoms with Gasteiger partial charge in [0, 0.05) is 29.6 Å². The fourth-order valence-electron chi connectivity index (χ4n) is 2.20. The van der Waals surface area contributed by atoms with Gasteiger partial charge < -0.3 is 15.1 Å². The smallest absolute Gasteiger partial charge is 0.213 e. The molecule has 0 amide bonds. The predicted octanol–water partition coefficient (Wildman–Crippen LogP) is 3.67. The van der Waals surface area contributed by atoms with Gasteiger partial charge in [-0.2, -0.15) is 0 Å². The van der Waals surface area contributed by atoms with Gasteiger partial charge in [-0.15, -0.1) is 0 Å². The lowest BCUT2D eigenvalue weighted by Gasteiger charge is -2.13. The van der Waals surface area contributed by atoms with E-state index in [9.17, 15) is 4.39 Å². The normalized spacial score (nSPS) is 12.3. The molecule has 0 aliphatic rings. The average Bonchev–Trinajstić information content (AvgIpc) is 3.02. The van der Waals surface area contributed by atoms with Crippen LogP contribution < -0.4 is 10.6 Å². The number of halogens is 2. The molecular weight excluding hydrogens is 343 g/mol. The van der Waals surface area contributed by atoms with E-state index in [-0.39, 0.29) is 11.2 Å². The Morgan fingerprint density at radius 1 is 1.32 bits per heavy atom. The first kappa shape index (κ1) is 19.2. The van der Waals surface area contributed by atoms with Gasteiger partial charge in [0.25, 0.3) is 0 Å². The summed E-state index contributed by atoms with van der Waals surface area (Å²) in [5, 5.41) is 6.68. The van der Waals surface area contributed by atoms with Crippen LogP contribution in [-0.4, -0.2) is 24.5 Å². The molecule has 1 aromatic heterocycles. The molecule has 2 aromatic rings. The Labute approximate surface area is 152 Å². The number of guanidine groups is 1. The van der Waals surface area contributed by atoms with Crippen molar-refractivity contribution in [3.05, 3.63) is 52.5 Å². The summed E-state index contributed by atoms with van der Waals surface area (Å²) in [5.41, 5.74) is 0.416. The first-order valence-electron chi connectivity index (χ1n) is 8.14. The molecule has 5 nitrogen and oxygen atoms in total. The lowest BCUT2D eigenvalue weighted by atomic mass is 9.94. The van der Waals surface area contributed by atoms with Crippen molar-refractivity contribution >= 4 is 17.6 Å². The van der Waals surface area contributed by atoms with E-state index >= 15 is 0 Å². The lowest BCUT2D eigenvalue weighted by Crippen LogP contribution is -2.38. The summed E-state index contributed by atoms with van der Waals surface area (Å²) < 4.78 is 19.5. The molecule has 1 aromatic carbocycles. The topological polar surface area (TPSA) is 62.5 Å². The Morgan fingerprint density at radius 3 is 2.68 bits per heavy atom. The van der Waals surface area contributed by atoms with E-state index in [1.54, 1.807) is 25.4 Å². The van der Waals surface area contributed by atoms with Gasteiger partial charge in [0.15, 0.2) is 5.96 Å². The van der Waals surface area contributed by atoms with Crippen molar-refractivity contribution in [1.82, 2.24) is 15.6 Å². The van der Waals surface area contributed by atoms with Gasteiger partial charge in [-0.3, -0.25) is 4.99 Å². The van der Waals surface area contributed by atoms with Crippen LogP contribution in [-0.2, 0) is 18.4 Å². The van der Waals surface area contributed by atoms with Crippen LogP contribution in [0.4, 0.5) is 4.39 Å². The van der Waals surface area contributed by atoms with E-state index < -0.39 is 0 Å². The molecule has 0 bridgehead atoms. The summed E-state index contributed by atoms with van der Waals surface area (Å²) in [4.78, 5) is 8.39. The maximum absolute atomic E-state index is 13.7. The number of oxazole rings is 1. The highest BCUT2D eigenvalue weighted by Crippen LogP contribution is 2.22. The summed E-state index contributed by atoms with van der Waals surface area (Å²) in [6.07, 6.45) is 2.20. The summed E-state index contributed by atoms with van der Waals surface area (Å²) in [6.45, 7) is 7.12. The highest BCUT2D eigenvalue weighted by molar-refractivity contribution is 6.31. The Hall–Kier alpha value is -2.08. The third kappa shape index (κ3) is 5.46. The molecule has 0 saturated heterocycles. The van der Waals surface area contributed by atoms with Gasteiger partial charge in [-0.1, -0.05) is 38.4 Å². The van der Waals surface area contributed by atoms with Gasteiger partial charge in [0.05, 0.1) is 12.7 Å². The number of aromatic nitrogens is 1. The summed E-state index contributed by atoms with van der Waals surface area (Å²) >= 11 is 6.02. The monoisotopic (exact) mass is 366 g/mol. The number of aliphatic imine (C=N–C) groups is 1. The molecule has 7 heteroatoms. The second kappa shape index (κ2) is 8.34. The van der Waals surface area contributed by atoms with Gasteiger partial charge in [0.1, 0.15) is 11.6 Å². The van der Waals surface area contributed by atoms with Crippen LogP contribution in [0.15, 0.2) is 33.8 Å². The third-order valence-electron chi connectivity index (χ3n) is 3.65. The van der Waals surface area contributed by atoms with Gasteiger partial charge in [-0.25, -0.2) is 9.37 Å². The maximum Gasteiger partial charge on any atom is 0.213 e. The zero-order valence-corrected chi connectivity index (χ0v) is 15.7. The first-order chi connectivity index (χ1) is 11.8.